The Balaban J connectivity index is 0.000000327. The van der Waals surface area contributed by atoms with Crippen molar-refractivity contribution in [2.45, 2.75) is 47.8 Å². The van der Waals surface area contributed by atoms with Crippen LogP contribution in [0.2, 0.25) is 0 Å². The Kier molecular flexibility index (Phi) is 13.7. The molecule has 49 heavy (non-hydrogen) atoms. The van der Waals surface area contributed by atoms with Gasteiger partial charge in [0.2, 0.25) is 30.0 Å². The minimum absolute atomic E-state index is 0. The Bertz CT molecular complexity index is 2320. The van der Waals surface area contributed by atoms with Crippen LogP contribution in [0.15, 0.2) is 128 Å². The van der Waals surface area contributed by atoms with Gasteiger partial charge in [-0.3, -0.25) is 4.70 Å². The van der Waals surface area contributed by atoms with E-state index in [0.717, 1.165) is 33.6 Å². The summed E-state index contributed by atoms with van der Waals surface area (Å²) in [6.45, 7) is 8.16. The molecule has 6 rings (SSSR count). The number of aromatic nitrogens is 4. The molecule has 0 saturated heterocycles. The molecule has 252 valence electrons. The summed E-state index contributed by atoms with van der Waals surface area (Å²) in [5.41, 5.74) is 8.11. The van der Waals surface area contributed by atoms with Crippen LogP contribution in [0.1, 0.15) is 23.7 Å². The van der Waals surface area contributed by atoms with Gasteiger partial charge in [-0.05, 0) is 102 Å². The number of benzene rings is 4. The zero-order chi connectivity index (χ0) is 34.1. The van der Waals surface area contributed by atoms with Gasteiger partial charge < -0.3 is 10.6 Å². The van der Waals surface area contributed by atoms with Gasteiger partial charge in [-0.25, -0.2) is 26.8 Å². The third kappa shape index (κ3) is 8.42. The summed E-state index contributed by atoms with van der Waals surface area (Å²) < 4.78 is 55.0. The van der Waals surface area contributed by atoms with E-state index in [-0.39, 0.29) is 77.6 Å². The molecule has 0 amide bonds. The number of hydrogen-bond donors (Lipinski definition) is 0. The molecule has 0 aliphatic carbocycles. The van der Waals surface area contributed by atoms with Gasteiger partial charge in [0, 0.05) is 25.2 Å². The smallest absolute Gasteiger partial charge is 1.00 e. The summed E-state index contributed by atoms with van der Waals surface area (Å²) in [7, 11) is -3.85. The third-order valence-electron chi connectivity index (χ3n) is 8.13. The molecule has 0 saturated carbocycles. The molecular formula is C36H37BrFKN4O4S2. The number of rotatable bonds is 6. The predicted octanol–water partition coefficient (Wildman–Crippen LogP) is 5.10. The molecule has 0 atom stereocenters. The van der Waals surface area contributed by atoms with Gasteiger partial charge in [0.05, 0.1) is 27.4 Å². The van der Waals surface area contributed by atoms with Gasteiger partial charge >= 0.3 is 51.4 Å². The normalized spacial score (nSPS) is 11.2. The van der Waals surface area contributed by atoms with Crippen LogP contribution >= 0.6 is 15.9 Å². The monoisotopic (exact) mass is 790 g/mol. The molecule has 0 aliphatic heterocycles. The second kappa shape index (κ2) is 16.5. The van der Waals surface area contributed by atoms with Gasteiger partial charge in [-0.2, -0.15) is 0 Å². The Morgan fingerprint density at radius 1 is 0.612 bits per heavy atom. The van der Waals surface area contributed by atoms with Crippen molar-refractivity contribution in [2.75, 3.05) is 0 Å². The maximum absolute atomic E-state index is 12.9. The fraction of sp³-hybridized carbons (Fsp3) is 0.167. The number of aryl methyl sites for hydroxylation is 4. The van der Waals surface area contributed by atoms with Crippen LogP contribution in [0.4, 0.5) is 4.70 Å². The predicted molar refractivity (Wildman–Crippen MR) is 191 cm³/mol. The number of imidazole rings is 2. The van der Waals surface area contributed by atoms with Crippen molar-refractivity contribution in [3.63, 3.8) is 0 Å². The third-order valence-corrected chi connectivity index (χ3v) is 12.2. The number of nitrogens with zero attached hydrogens (tertiary/aromatic N) is 4. The van der Waals surface area contributed by atoms with Crippen LogP contribution in [0, 0.1) is 27.7 Å². The Morgan fingerprint density at radius 3 is 1.55 bits per heavy atom. The van der Waals surface area contributed by atoms with Crippen molar-refractivity contribution in [3.05, 3.63) is 130 Å². The zero-order valence-corrected chi connectivity index (χ0v) is 34.7. The molecule has 0 spiro atoms. The van der Waals surface area contributed by atoms with Crippen molar-refractivity contribution < 1.29 is 74.4 Å². The van der Waals surface area contributed by atoms with Gasteiger partial charge in [0.25, 0.3) is 0 Å². The van der Waals surface area contributed by atoms with E-state index in [0.29, 0.717) is 4.60 Å². The topological polar surface area (TPSA) is 104 Å². The molecule has 0 aliphatic rings. The summed E-state index contributed by atoms with van der Waals surface area (Å²) in [5, 5.41) is 0.0748. The van der Waals surface area contributed by atoms with Crippen molar-refractivity contribution >= 4 is 35.6 Å². The molecule has 6 aromatic rings. The fourth-order valence-electron chi connectivity index (χ4n) is 5.11. The standard InChI is InChI=1S/C18H17BrN2O2S.C18H18N2O2S.FH.K.H/c1-12-9-10-14(11-13(12)2)16-17(19)20-18(21(16)3)24(22,23)15-7-5-4-6-8-15;1-13-9-10-15(11-14(13)2)17-12-19-18(20(17)3)23(21,22)16-7-5-4-6-8-16;;;/h4-11H,1-3H3;4-12H,1-3H3;1H;;/q;;;+1;-1. The van der Waals surface area contributed by atoms with Gasteiger partial charge in [-0.15, -0.1) is 0 Å². The van der Waals surface area contributed by atoms with Crippen LogP contribution in [-0.4, -0.2) is 35.9 Å². The summed E-state index contributed by atoms with van der Waals surface area (Å²) in [5.74, 6) is 0. The van der Waals surface area contributed by atoms with Crippen LogP contribution in [0.25, 0.3) is 22.5 Å². The van der Waals surface area contributed by atoms with Gasteiger partial charge in [0.1, 0.15) is 4.60 Å². The van der Waals surface area contributed by atoms with Crippen molar-refractivity contribution in [1.82, 2.24) is 19.1 Å². The molecular weight excluding hydrogens is 755 g/mol. The quantitative estimate of drug-likeness (QED) is 0.218. The first-order valence-corrected chi connectivity index (χ1v) is 18.5. The molecule has 0 fully saturated rings. The maximum atomic E-state index is 12.9. The van der Waals surface area contributed by atoms with E-state index in [1.54, 1.807) is 90.1 Å². The largest absolute Gasteiger partial charge is 1.00 e. The minimum Gasteiger partial charge on any atom is -1.00 e. The van der Waals surface area contributed by atoms with Crippen molar-refractivity contribution in [3.8, 4) is 22.5 Å². The van der Waals surface area contributed by atoms with Crippen LogP contribution in [-0.2, 0) is 33.8 Å². The molecule has 8 nitrogen and oxygen atoms in total. The molecule has 2 heterocycles. The van der Waals surface area contributed by atoms with Crippen molar-refractivity contribution in [2.24, 2.45) is 14.1 Å². The average Bonchev–Trinajstić information content (AvgIpc) is 3.60. The van der Waals surface area contributed by atoms with Gasteiger partial charge in [0.15, 0.2) is 0 Å². The van der Waals surface area contributed by atoms with E-state index < -0.39 is 19.7 Å². The summed E-state index contributed by atoms with van der Waals surface area (Å²) in [6, 6.07) is 28.8. The summed E-state index contributed by atoms with van der Waals surface area (Å²) >= 11 is 3.42. The van der Waals surface area contributed by atoms with Crippen LogP contribution < -0.4 is 51.4 Å². The Morgan fingerprint density at radius 2 is 1.06 bits per heavy atom. The summed E-state index contributed by atoms with van der Waals surface area (Å²) in [6.07, 6.45) is 1.61. The Hall–Kier alpha value is -2.75. The molecule has 4 aromatic carbocycles. The van der Waals surface area contributed by atoms with E-state index in [1.807, 2.05) is 64.1 Å². The first-order chi connectivity index (χ1) is 22.2. The molecule has 13 heteroatoms. The number of sulfone groups is 2. The molecule has 0 N–H and O–H groups in total. The molecule has 2 aromatic heterocycles. The first-order valence-electron chi connectivity index (χ1n) is 14.7. The van der Waals surface area contributed by atoms with Crippen molar-refractivity contribution in [1.29, 1.82) is 0 Å². The first kappa shape index (κ1) is 40.7. The second-order valence-electron chi connectivity index (χ2n) is 11.3. The van der Waals surface area contributed by atoms with E-state index in [2.05, 4.69) is 25.9 Å². The van der Waals surface area contributed by atoms with Crippen LogP contribution in [0.3, 0.4) is 0 Å². The summed E-state index contributed by atoms with van der Waals surface area (Å²) in [4.78, 5) is 8.93. The minimum atomic E-state index is -3.68. The van der Waals surface area contributed by atoms with E-state index in [4.69, 9.17) is 0 Å². The van der Waals surface area contributed by atoms with E-state index in [9.17, 15) is 16.8 Å². The number of hydrogen-bond acceptors (Lipinski definition) is 6. The van der Waals surface area contributed by atoms with E-state index in [1.165, 1.54) is 11.1 Å². The maximum Gasteiger partial charge on any atom is 1.00 e. The fourth-order valence-corrected chi connectivity index (χ4v) is 8.66. The molecule has 0 unspecified atom stereocenters. The van der Waals surface area contributed by atoms with Crippen LogP contribution in [0.5, 0.6) is 0 Å². The number of halogens is 2. The second-order valence-corrected chi connectivity index (χ2v) is 15.7. The molecule has 0 bridgehead atoms. The SMILES string of the molecule is Cc1ccc(-c2c(Br)nc(S(=O)(=O)c3ccccc3)n2C)cc1C.Cc1ccc(-c2cnc(S(=O)(=O)c3ccccc3)n2C)cc1C.F.[H-].[K+]. The van der Waals surface area contributed by atoms with E-state index >= 15 is 0 Å². The van der Waals surface area contributed by atoms with Gasteiger partial charge in [-0.1, -0.05) is 60.7 Å². The Labute approximate surface area is 339 Å². The average molecular weight is 792 g/mol. The molecule has 0 radical (unpaired) electrons. The zero-order valence-electron chi connectivity index (χ0n) is 29.3.